The summed E-state index contributed by atoms with van der Waals surface area (Å²) in [5, 5.41) is 7.38. The van der Waals surface area contributed by atoms with Crippen LogP contribution in [0.1, 0.15) is 27.4 Å². The number of rotatable bonds is 4. The Kier molecular flexibility index (Phi) is 5.50. The van der Waals surface area contributed by atoms with E-state index < -0.39 is 0 Å². The van der Waals surface area contributed by atoms with Crippen LogP contribution in [0.25, 0.3) is 5.69 Å². The van der Waals surface area contributed by atoms with E-state index >= 15 is 0 Å². The van der Waals surface area contributed by atoms with Gasteiger partial charge < -0.3 is 15.1 Å². The molecule has 1 fully saturated rings. The molecule has 156 valence electrons. The van der Waals surface area contributed by atoms with Crippen LogP contribution in [-0.4, -0.2) is 63.8 Å². The molecular formula is C22H27N7O. The fourth-order valence-corrected chi connectivity index (χ4v) is 3.67. The van der Waals surface area contributed by atoms with Crippen LogP contribution in [0.5, 0.6) is 0 Å². The van der Waals surface area contributed by atoms with Gasteiger partial charge in [0.05, 0.1) is 40.2 Å². The number of piperazine rings is 1. The van der Waals surface area contributed by atoms with Gasteiger partial charge in [0.15, 0.2) is 0 Å². The molecule has 30 heavy (non-hydrogen) atoms. The van der Waals surface area contributed by atoms with Crippen molar-refractivity contribution < 1.29 is 4.79 Å². The number of likely N-dealkylation sites (N-methyl/N-ethyl adjacent to an activating group) is 1. The number of carbonyl (C=O) groups excluding carboxylic acids is 1. The number of para-hydroxylation sites is 1. The van der Waals surface area contributed by atoms with Gasteiger partial charge in [0.1, 0.15) is 0 Å². The summed E-state index contributed by atoms with van der Waals surface area (Å²) >= 11 is 0. The SMILES string of the molecule is Cc1nc(N2CCN(C)CC2)nc(C)c1NC(=O)c1cnn(-c2ccccc2)c1C. The first kappa shape index (κ1) is 20.0. The fourth-order valence-electron chi connectivity index (χ4n) is 3.67. The summed E-state index contributed by atoms with van der Waals surface area (Å²) in [6.45, 7) is 9.49. The Labute approximate surface area is 176 Å². The lowest BCUT2D eigenvalue weighted by atomic mass is 10.2. The van der Waals surface area contributed by atoms with Crippen molar-refractivity contribution in [3.8, 4) is 5.69 Å². The summed E-state index contributed by atoms with van der Waals surface area (Å²) in [4.78, 5) is 26.8. The van der Waals surface area contributed by atoms with E-state index in [2.05, 4.69) is 37.2 Å². The second kappa shape index (κ2) is 8.23. The maximum absolute atomic E-state index is 13.0. The molecule has 8 heteroatoms. The molecule has 1 N–H and O–H groups in total. The Bertz CT molecular complexity index is 1030. The van der Waals surface area contributed by atoms with Crippen LogP contribution >= 0.6 is 0 Å². The monoisotopic (exact) mass is 405 g/mol. The predicted molar refractivity (Wildman–Crippen MR) is 117 cm³/mol. The Balaban J connectivity index is 1.55. The standard InChI is InChI=1S/C22H27N7O/c1-15-20(16(2)25-22(24-15)28-12-10-27(4)11-13-28)26-21(30)19-14-23-29(17(19)3)18-8-6-5-7-9-18/h5-9,14H,10-13H2,1-4H3,(H,26,30). The highest BCUT2D eigenvalue weighted by molar-refractivity contribution is 6.05. The number of benzene rings is 1. The lowest BCUT2D eigenvalue weighted by Gasteiger charge is -2.32. The van der Waals surface area contributed by atoms with Gasteiger partial charge in [-0.1, -0.05) is 18.2 Å². The fraction of sp³-hybridized carbons (Fsp3) is 0.364. The van der Waals surface area contributed by atoms with E-state index in [0.717, 1.165) is 54.9 Å². The van der Waals surface area contributed by atoms with Crippen molar-refractivity contribution >= 4 is 17.5 Å². The van der Waals surface area contributed by atoms with E-state index in [0.29, 0.717) is 11.3 Å². The minimum atomic E-state index is -0.211. The second-order valence-corrected chi connectivity index (χ2v) is 7.70. The molecule has 1 amide bonds. The van der Waals surface area contributed by atoms with Crippen LogP contribution in [0.4, 0.5) is 11.6 Å². The van der Waals surface area contributed by atoms with Crippen molar-refractivity contribution in [2.75, 3.05) is 43.4 Å². The molecule has 0 unspecified atom stereocenters. The predicted octanol–water partition coefficient (Wildman–Crippen LogP) is 2.59. The molecule has 0 aliphatic carbocycles. The molecule has 1 aliphatic heterocycles. The van der Waals surface area contributed by atoms with Gasteiger partial charge in [0.2, 0.25) is 5.95 Å². The Morgan fingerprint density at radius 2 is 1.60 bits per heavy atom. The number of hydrogen-bond donors (Lipinski definition) is 1. The summed E-state index contributed by atoms with van der Waals surface area (Å²) in [6.07, 6.45) is 1.60. The maximum atomic E-state index is 13.0. The van der Waals surface area contributed by atoms with Crippen molar-refractivity contribution in [2.24, 2.45) is 0 Å². The first-order valence-corrected chi connectivity index (χ1v) is 10.1. The molecular weight excluding hydrogens is 378 g/mol. The molecule has 0 spiro atoms. The lowest BCUT2D eigenvalue weighted by molar-refractivity contribution is 0.102. The quantitative estimate of drug-likeness (QED) is 0.719. The Morgan fingerprint density at radius 3 is 2.23 bits per heavy atom. The van der Waals surface area contributed by atoms with Crippen molar-refractivity contribution in [2.45, 2.75) is 20.8 Å². The number of hydrogen-bond acceptors (Lipinski definition) is 6. The third-order valence-electron chi connectivity index (χ3n) is 5.54. The number of nitrogens with one attached hydrogen (secondary N) is 1. The van der Waals surface area contributed by atoms with Crippen molar-refractivity contribution in [3.63, 3.8) is 0 Å². The second-order valence-electron chi connectivity index (χ2n) is 7.70. The summed E-state index contributed by atoms with van der Waals surface area (Å²) in [6, 6.07) is 9.76. The highest BCUT2D eigenvalue weighted by Crippen LogP contribution is 2.23. The zero-order chi connectivity index (χ0) is 21.3. The lowest BCUT2D eigenvalue weighted by Crippen LogP contribution is -2.45. The number of amides is 1. The largest absolute Gasteiger partial charge is 0.338 e. The van der Waals surface area contributed by atoms with E-state index in [9.17, 15) is 4.79 Å². The van der Waals surface area contributed by atoms with Gasteiger partial charge in [-0.15, -0.1) is 0 Å². The minimum Gasteiger partial charge on any atom is -0.338 e. The first-order chi connectivity index (χ1) is 14.4. The topological polar surface area (TPSA) is 79.2 Å². The molecule has 4 rings (SSSR count). The molecule has 1 saturated heterocycles. The summed E-state index contributed by atoms with van der Waals surface area (Å²) in [7, 11) is 2.12. The van der Waals surface area contributed by atoms with Crippen LogP contribution in [-0.2, 0) is 0 Å². The normalized spacial score (nSPS) is 14.7. The van der Waals surface area contributed by atoms with Gasteiger partial charge in [0, 0.05) is 26.2 Å². The maximum Gasteiger partial charge on any atom is 0.259 e. The molecule has 0 saturated carbocycles. The molecule has 2 aromatic heterocycles. The molecule has 0 radical (unpaired) electrons. The van der Waals surface area contributed by atoms with Gasteiger partial charge in [-0.3, -0.25) is 4.79 Å². The third kappa shape index (κ3) is 3.91. The van der Waals surface area contributed by atoms with Crippen LogP contribution < -0.4 is 10.2 Å². The highest BCUT2D eigenvalue weighted by Gasteiger charge is 2.21. The molecule has 3 aromatic rings. The average molecular weight is 406 g/mol. The van der Waals surface area contributed by atoms with Gasteiger partial charge in [-0.05, 0) is 40.0 Å². The smallest absolute Gasteiger partial charge is 0.259 e. The van der Waals surface area contributed by atoms with Crippen molar-refractivity contribution in [3.05, 3.63) is 59.2 Å². The number of aryl methyl sites for hydroxylation is 2. The number of anilines is 2. The minimum absolute atomic E-state index is 0.211. The van der Waals surface area contributed by atoms with Gasteiger partial charge >= 0.3 is 0 Å². The van der Waals surface area contributed by atoms with E-state index in [4.69, 9.17) is 0 Å². The third-order valence-corrected chi connectivity index (χ3v) is 5.54. The molecule has 1 aromatic carbocycles. The Morgan fingerprint density at radius 1 is 0.967 bits per heavy atom. The highest BCUT2D eigenvalue weighted by atomic mass is 16.1. The molecule has 0 atom stereocenters. The summed E-state index contributed by atoms with van der Waals surface area (Å²) < 4.78 is 1.77. The van der Waals surface area contributed by atoms with Crippen LogP contribution in [0.3, 0.4) is 0 Å². The van der Waals surface area contributed by atoms with Gasteiger partial charge in [-0.25, -0.2) is 14.6 Å². The number of nitrogens with zero attached hydrogens (tertiary/aromatic N) is 6. The van der Waals surface area contributed by atoms with Gasteiger partial charge in [-0.2, -0.15) is 5.10 Å². The number of carbonyl (C=O) groups is 1. The van der Waals surface area contributed by atoms with Crippen LogP contribution in [0, 0.1) is 20.8 Å². The first-order valence-electron chi connectivity index (χ1n) is 10.1. The average Bonchev–Trinajstić information content (AvgIpc) is 3.13. The molecule has 0 bridgehead atoms. The zero-order valence-corrected chi connectivity index (χ0v) is 17.9. The van der Waals surface area contributed by atoms with Crippen molar-refractivity contribution in [1.29, 1.82) is 0 Å². The van der Waals surface area contributed by atoms with E-state index in [1.807, 2.05) is 51.1 Å². The van der Waals surface area contributed by atoms with Crippen molar-refractivity contribution in [1.82, 2.24) is 24.6 Å². The van der Waals surface area contributed by atoms with E-state index in [1.165, 1.54) is 0 Å². The van der Waals surface area contributed by atoms with Crippen LogP contribution in [0.2, 0.25) is 0 Å². The summed E-state index contributed by atoms with van der Waals surface area (Å²) in [5.74, 6) is 0.515. The van der Waals surface area contributed by atoms with Crippen LogP contribution in [0.15, 0.2) is 36.5 Å². The molecule has 1 aliphatic rings. The Hall–Kier alpha value is -3.26. The van der Waals surface area contributed by atoms with E-state index in [1.54, 1.807) is 10.9 Å². The molecule has 8 nitrogen and oxygen atoms in total. The molecule has 3 heterocycles. The van der Waals surface area contributed by atoms with Gasteiger partial charge in [0.25, 0.3) is 5.91 Å². The number of aromatic nitrogens is 4. The zero-order valence-electron chi connectivity index (χ0n) is 17.9. The summed E-state index contributed by atoms with van der Waals surface area (Å²) in [5.41, 5.74) is 4.41. The van der Waals surface area contributed by atoms with E-state index in [-0.39, 0.29) is 5.91 Å².